The normalized spacial score (nSPS) is 10.3. The molecule has 0 aliphatic rings. The molecule has 0 aliphatic carbocycles. The summed E-state index contributed by atoms with van der Waals surface area (Å²) >= 11 is 0. The number of carbonyl (C=O) groups is 2. The Labute approximate surface area is 149 Å². The van der Waals surface area contributed by atoms with Crippen LogP contribution in [0.2, 0.25) is 0 Å². The Morgan fingerprint density at radius 2 is 1.62 bits per heavy atom. The van der Waals surface area contributed by atoms with E-state index in [0.717, 1.165) is 0 Å². The second kappa shape index (κ2) is 8.72. The minimum Gasteiger partial charge on any atom is -0.504 e. The molecule has 137 valence electrons. The Morgan fingerprint density at radius 3 is 2.27 bits per heavy atom. The lowest BCUT2D eigenvalue weighted by molar-refractivity contribution is -0.125. The third-order valence-corrected chi connectivity index (χ3v) is 3.70. The van der Waals surface area contributed by atoms with Crippen molar-refractivity contribution in [1.29, 1.82) is 0 Å². The van der Waals surface area contributed by atoms with Crippen molar-refractivity contribution in [2.24, 2.45) is 0 Å². The molecule has 0 saturated heterocycles. The average Bonchev–Trinajstić information content (AvgIpc) is 2.64. The molecule has 0 aromatic heterocycles. The van der Waals surface area contributed by atoms with E-state index in [2.05, 4.69) is 10.6 Å². The van der Waals surface area contributed by atoms with Crippen molar-refractivity contribution < 1.29 is 30.0 Å². The summed E-state index contributed by atoms with van der Waals surface area (Å²) in [5.74, 6) is -2.47. The first-order chi connectivity index (χ1) is 12.4. The molecule has 0 saturated carbocycles. The lowest BCUT2D eigenvalue weighted by Crippen LogP contribution is -2.29. The zero-order valence-electron chi connectivity index (χ0n) is 13.9. The predicted molar refractivity (Wildman–Crippen MR) is 91.3 cm³/mol. The van der Waals surface area contributed by atoms with Gasteiger partial charge in [-0.1, -0.05) is 18.2 Å². The number of phenols is 3. The molecule has 0 bridgehead atoms. The van der Waals surface area contributed by atoms with Crippen LogP contribution in [-0.2, 0) is 22.9 Å². The summed E-state index contributed by atoms with van der Waals surface area (Å²) in [6.07, 6.45) is 0.322. The molecule has 0 unspecified atom stereocenters. The van der Waals surface area contributed by atoms with Crippen LogP contribution in [-0.4, -0.2) is 40.3 Å². The summed E-state index contributed by atoms with van der Waals surface area (Å²) in [5, 5.41) is 43.9. The van der Waals surface area contributed by atoms with Crippen LogP contribution in [0.3, 0.4) is 0 Å². The lowest BCUT2D eigenvalue weighted by Gasteiger charge is -2.11. The van der Waals surface area contributed by atoms with Gasteiger partial charge in [-0.2, -0.15) is 0 Å². The van der Waals surface area contributed by atoms with E-state index in [1.165, 1.54) is 12.1 Å². The van der Waals surface area contributed by atoms with Gasteiger partial charge < -0.3 is 26.0 Å². The first kappa shape index (κ1) is 19.1. The molecule has 0 spiro atoms. The molecule has 1 radical (unpaired) electrons. The summed E-state index contributed by atoms with van der Waals surface area (Å²) in [6.45, 7) is -0.575. The molecule has 26 heavy (non-hydrogen) atoms. The zero-order chi connectivity index (χ0) is 19.1. The van der Waals surface area contributed by atoms with E-state index < -0.39 is 29.8 Å². The van der Waals surface area contributed by atoms with E-state index in [9.17, 15) is 30.0 Å². The number of rotatable bonds is 7. The third kappa shape index (κ3) is 4.87. The molecule has 0 heterocycles. The van der Waals surface area contributed by atoms with Crippen molar-refractivity contribution >= 4 is 11.8 Å². The molecular weight excluding hydrogens is 340 g/mol. The molecule has 2 aromatic carbocycles. The fraction of sp³-hybridized carbons (Fsp3) is 0.222. The third-order valence-electron chi connectivity index (χ3n) is 3.70. The first-order valence-electron chi connectivity index (χ1n) is 7.87. The number of amides is 2. The molecule has 0 atom stereocenters. The largest absolute Gasteiger partial charge is 0.504 e. The fourth-order valence-corrected chi connectivity index (χ4v) is 2.36. The van der Waals surface area contributed by atoms with E-state index in [-0.39, 0.29) is 19.0 Å². The van der Waals surface area contributed by atoms with Crippen LogP contribution in [0.25, 0.3) is 0 Å². The highest BCUT2D eigenvalue weighted by molar-refractivity contribution is 5.95. The van der Waals surface area contributed by atoms with Gasteiger partial charge in [0.05, 0.1) is 0 Å². The zero-order valence-corrected chi connectivity index (χ0v) is 13.9. The number of hydrogen-bond donors (Lipinski definition) is 5. The SMILES string of the molecule is [O]CC(=O)NCc1ccccc1C(=O)NCCc1cc(O)c(O)c(O)c1. The van der Waals surface area contributed by atoms with Gasteiger partial charge in [-0.25, -0.2) is 5.11 Å². The highest BCUT2D eigenvalue weighted by Gasteiger charge is 2.12. The second-order valence-corrected chi connectivity index (χ2v) is 5.57. The number of nitrogens with one attached hydrogen (secondary N) is 2. The smallest absolute Gasteiger partial charge is 0.251 e. The molecule has 2 aromatic rings. The number of hydrogen-bond acceptors (Lipinski definition) is 5. The van der Waals surface area contributed by atoms with Crippen molar-refractivity contribution in [1.82, 2.24) is 10.6 Å². The molecule has 8 heteroatoms. The standard InChI is InChI=1S/C18H19N2O6/c21-10-16(24)20-9-12-3-1-2-4-13(12)18(26)19-6-5-11-7-14(22)17(25)15(23)8-11/h1-4,7-8,22-23,25H,5-6,9-10H2,(H,19,26)(H,20,24). The van der Waals surface area contributed by atoms with E-state index in [1.807, 2.05) is 0 Å². The summed E-state index contributed by atoms with van der Waals surface area (Å²) in [7, 11) is 0. The first-order valence-corrected chi connectivity index (χ1v) is 7.87. The average molecular weight is 359 g/mol. The van der Waals surface area contributed by atoms with Gasteiger partial charge in [0.1, 0.15) is 0 Å². The predicted octanol–water partition coefficient (Wildman–Crippen LogP) is 0.823. The van der Waals surface area contributed by atoms with Gasteiger partial charge in [0.15, 0.2) is 23.9 Å². The van der Waals surface area contributed by atoms with E-state index >= 15 is 0 Å². The summed E-state index contributed by atoms with van der Waals surface area (Å²) in [4.78, 5) is 23.4. The van der Waals surface area contributed by atoms with Crippen molar-refractivity contribution in [2.45, 2.75) is 13.0 Å². The second-order valence-electron chi connectivity index (χ2n) is 5.57. The van der Waals surface area contributed by atoms with Crippen LogP contribution in [0.15, 0.2) is 36.4 Å². The molecular formula is C18H19N2O6. The van der Waals surface area contributed by atoms with Crippen molar-refractivity contribution in [3.63, 3.8) is 0 Å². The highest BCUT2D eigenvalue weighted by Crippen LogP contribution is 2.35. The Balaban J connectivity index is 1.97. The van der Waals surface area contributed by atoms with Gasteiger partial charge in [0, 0.05) is 18.7 Å². The minimum atomic E-state index is -0.874. The van der Waals surface area contributed by atoms with Crippen LogP contribution in [0.1, 0.15) is 21.5 Å². The summed E-state index contributed by atoms with van der Waals surface area (Å²) in [6, 6.07) is 9.28. The maximum Gasteiger partial charge on any atom is 0.251 e. The van der Waals surface area contributed by atoms with Gasteiger partial charge >= 0.3 is 0 Å². The van der Waals surface area contributed by atoms with Crippen LogP contribution < -0.4 is 10.6 Å². The Kier molecular flexibility index (Phi) is 6.40. The fourth-order valence-electron chi connectivity index (χ4n) is 2.36. The Morgan fingerprint density at radius 1 is 0.962 bits per heavy atom. The number of benzene rings is 2. The van der Waals surface area contributed by atoms with Gasteiger partial charge in [0.2, 0.25) is 5.91 Å². The number of carbonyl (C=O) groups excluding carboxylic acids is 2. The Bertz CT molecular complexity index is 783. The lowest BCUT2D eigenvalue weighted by atomic mass is 10.1. The maximum absolute atomic E-state index is 12.3. The number of aromatic hydroxyl groups is 3. The van der Waals surface area contributed by atoms with Crippen molar-refractivity contribution in [3.05, 3.63) is 53.1 Å². The van der Waals surface area contributed by atoms with E-state index in [0.29, 0.717) is 23.1 Å². The Hall–Kier alpha value is -3.26. The monoisotopic (exact) mass is 359 g/mol. The summed E-state index contributed by atoms with van der Waals surface area (Å²) < 4.78 is 0. The van der Waals surface area contributed by atoms with Crippen LogP contribution >= 0.6 is 0 Å². The summed E-state index contributed by atoms with van der Waals surface area (Å²) in [5.41, 5.74) is 1.48. The van der Waals surface area contributed by atoms with Gasteiger partial charge in [0.25, 0.3) is 5.91 Å². The van der Waals surface area contributed by atoms with E-state index in [4.69, 9.17) is 0 Å². The molecule has 8 nitrogen and oxygen atoms in total. The van der Waals surface area contributed by atoms with Crippen LogP contribution in [0.4, 0.5) is 0 Å². The number of phenolic OH excluding ortho intramolecular Hbond substituents is 3. The maximum atomic E-state index is 12.3. The minimum absolute atomic E-state index is 0.0738. The highest BCUT2D eigenvalue weighted by atomic mass is 16.3. The van der Waals surface area contributed by atoms with Crippen molar-refractivity contribution in [3.8, 4) is 17.2 Å². The molecule has 0 fully saturated rings. The molecule has 0 aliphatic heterocycles. The van der Waals surface area contributed by atoms with Crippen LogP contribution in [0, 0.1) is 0 Å². The van der Waals surface area contributed by atoms with Gasteiger partial charge in [-0.05, 0) is 35.7 Å². The van der Waals surface area contributed by atoms with Crippen LogP contribution in [0.5, 0.6) is 17.2 Å². The topological polar surface area (TPSA) is 139 Å². The van der Waals surface area contributed by atoms with Crippen molar-refractivity contribution in [2.75, 3.05) is 13.2 Å². The molecule has 2 rings (SSSR count). The molecule has 5 N–H and O–H groups in total. The van der Waals surface area contributed by atoms with E-state index in [1.54, 1.807) is 24.3 Å². The quantitative estimate of drug-likeness (QED) is 0.466. The molecule has 2 amide bonds. The van der Waals surface area contributed by atoms with Gasteiger partial charge in [-0.15, -0.1) is 0 Å². The van der Waals surface area contributed by atoms with Gasteiger partial charge in [-0.3, -0.25) is 9.59 Å².